The fraction of sp³-hybridized carbons (Fsp3) is 1.00. The molecule has 0 nitrogen and oxygen atoms in total. The second-order valence-electron chi connectivity index (χ2n) is 5.50. The van der Waals surface area contributed by atoms with Crippen molar-refractivity contribution in [2.75, 3.05) is 0 Å². The molecule has 0 bridgehead atoms. The van der Waals surface area contributed by atoms with Crippen molar-refractivity contribution >= 4 is 0 Å². The van der Waals surface area contributed by atoms with Crippen LogP contribution in [0.5, 0.6) is 0 Å². The minimum absolute atomic E-state index is 1.14. The maximum atomic E-state index is 2.39. The van der Waals surface area contributed by atoms with E-state index in [-0.39, 0.29) is 0 Å². The van der Waals surface area contributed by atoms with Crippen LogP contribution in [0.25, 0.3) is 0 Å². The molecule has 0 heterocycles. The van der Waals surface area contributed by atoms with Crippen LogP contribution in [-0.2, 0) is 0 Å². The van der Waals surface area contributed by atoms with Crippen LogP contribution in [0.1, 0.15) is 65.2 Å². The van der Waals surface area contributed by atoms with E-state index in [0.29, 0.717) is 0 Å². The third-order valence-corrected chi connectivity index (χ3v) is 4.71. The maximum absolute atomic E-state index is 2.39. The summed E-state index contributed by atoms with van der Waals surface area (Å²) >= 11 is 0. The Balaban J connectivity index is 1.63. The monoisotopic (exact) mass is 194 g/mol. The fourth-order valence-electron chi connectivity index (χ4n) is 3.92. The minimum Gasteiger partial charge on any atom is -0.0654 e. The van der Waals surface area contributed by atoms with Crippen molar-refractivity contribution in [2.45, 2.75) is 65.2 Å². The van der Waals surface area contributed by atoms with Crippen molar-refractivity contribution in [3.63, 3.8) is 0 Å². The number of hydrogen-bond donors (Lipinski definition) is 0. The maximum Gasteiger partial charge on any atom is -0.0324 e. The molecular formula is C14H26. The predicted octanol–water partition coefficient (Wildman–Crippen LogP) is 4.64. The topological polar surface area (TPSA) is 0 Å². The molecule has 82 valence electrons. The third-order valence-electron chi connectivity index (χ3n) is 4.71. The first-order valence-electron chi connectivity index (χ1n) is 6.88. The van der Waals surface area contributed by atoms with Gasteiger partial charge in [-0.05, 0) is 36.5 Å². The summed E-state index contributed by atoms with van der Waals surface area (Å²) in [7, 11) is 0. The van der Waals surface area contributed by atoms with Crippen LogP contribution in [-0.4, -0.2) is 0 Å². The van der Waals surface area contributed by atoms with Gasteiger partial charge in [-0.1, -0.05) is 52.4 Å². The summed E-state index contributed by atoms with van der Waals surface area (Å²) in [4.78, 5) is 0. The van der Waals surface area contributed by atoms with Gasteiger partial charge in [0, 0.05) is 0 Å². The summed E-state index contributed by atoms with van der Waals surface area (Å²) in [6.45, 7) is 4.69. The summed E-state index contributed by atoms with van der Waals surface area (Å²) in [5.41, 5.74) is 0. The molecule has 0 N–H and O–H groups in total. The smallest absolute Gasteiger partial charge is 0.0324 e. The number of unbranched alkanes of at least 4 members (excludes halogenated alkanes) is 3. The van der Waals surface area contributed by atoms with Crippen LogP contribution >= 0.6 is 0 Å². The minimum atomic E-state index is 1.14. The Bertz CT molecular complexity index is 169. The lowest BCUT2D eigenvalue weighted by atomic mass is 9.93. The molecule has 4 atom stereocenters. The first kappa shape index (κ1) is 10.5. The standard InChI is InChI=1S/C14H26/c1-3-5-6-7-8-11-9-10-13-12(4-2)14(11)13/h11-14H,3-10H2,1-2H3/t11-,12-,13-,14+/m1/s1. The van der Waals surface area contributed by atoms with Crippen molar-refractivity contribution in [3.05, 3.63) is 0 Å². The molecule has 0 radical (unpaired) electrons. The zero-order valence-corrected chi connectivity index (χ0v) is 9.97. The van der Waals surface area contributed by atoms with Crippen LogP contribution in [0, 0.1) is 23.7 Å². The van der Waals surface area contributed by atoms with E-state index in [2.05, 4.69) is 13.8 Å². The van der Waals surface area contributed by atoms with Crippen molar-refractivity contribution in [2.24, 2.45) is 23.7 Å². The number of hydrogen-bond acceptors (Lipinski definition) is 0. The van der Waals surface area contributed by atoms with Gasteiger partial charge in [-0.2, -0.15) is 0 Å². The van der Waals surface area contributed by atoms with Crippen molar-refractivity contribution in [3.8, 4) is 0 Å². The Hall–Kier alpha value is 0. The quantitative estimate of drug-likeness (QED) is 0.540. The molecule has 0 amide bonds. The molecule has 0 aromatic carbocycles. The van der Waals surface area contributed by atoms with Crippen LogP contribution < -0.4 is 0 Å². The van der Waals surface area contributed by atoms with Crippen LogP contribution in [0.4, 0.5) is 0 Å². The van der Waals surface area contributed by atoms with E-state index in [1.165, 1.54) is 43.9 Å². The van der Waals surface area contributed by atoms with Gasteiger partial charge in [0.15, 0.2) is 0 Å². The molecule has 0 unspecified atom stereocenters. The van der Waals surface area contributed by atoms with Crippen molar-refractivity contribution < 1.29 is 0 Å². The fourth-order valence-corrected chi connectivity index (χ4v) is 3.92. The predicted molar refractivity (Wildman–Crippen MR) is 62.2 cm³/mol. The van der Waals surface area contributed by atoms with Gasteiger partial charge in [0.25, 0.3) is 0 Å². The van der Waals surface area contributed by atoms with Gasteiger partial charge in [-0.3, -0.25) is 0 Å². The summed E-state index contributed by atoms with van der Waals surface area (Å²) in [5, 5.41) is 0. The third kappa shape index (κ3) is 1.99. The average molecular weight is 194 g/mol. The summed E-state index contributed by atoms with van der Waals surface area (Å²) in [6.07, 6.45) is 12.0. The van der Waals surface area contributed by atoms with Crippen molar-refractivity contribution in [1.82, 2.24) is 0 Å². The van der Waals surface area contributed by atoms with Gasteiger partial charge in [0.05, 0.1) is 0 Å². The van der Waals surface area contributed by atoms with E-state index in [1.807, 2.05) is 0 Å². The highest BCUT2D eigenvalue weighted by atomic mass is 14.6. The zero-order chi connectivity index (χ0) is 9.97. The Labute approximate surface area is 89.5 Å². The summed E-state index contributed by atoms with van der Waals surface area (Å²) in [6, 6.07) is 0. The van der Waals surface area contributed by atoms with E-state index in [9.17, 15) is 0 Å². The van der Waals surface area contributed by atoms with E-state index < -0.39 is 0 Å². The van der Waals surface area contributed by atoms with Gasteiger partial charge in [-0.15, -0.1) is 0 Å². The lowest BCUT2D eigenvalue weighted by Gasteiger charge is -2.13. The largest absolute Gasteiger partial charge is 0.0654 e. The Morgan fingerprint density at radius 2 is 1.86 bits per heavy atom. The highest BCUT2D eigenvalue weighted by Gasteiger charge is 2.55. The van der Waals surface area contributed by atoms with E-state index in [4.69, 9.17) is 0 Å². The molecule has 2 saturated carbocycles. The Morgan fingerprint density at radius 3 is 2.50 bits per heavy atom. The molecule has 0 aromatic heterocycles. The van der Waals surface area contributed by atoms with Gasteiger partial charge >= 0.3 is 0 Å². The molecular weight excluding hydrogens is 168 g/mol. The first-order chi connectivity index (χ1) is 6.88. The van der Waals surface area contributed by atoms with E-state index >= 15 is 0 Å². The highest BCUT2D eigenvalue weighted by Crippen LogP contribution is 2.62. The zero-order valence-electron chi connectivity index (χ0n) is 9.97. The highest BCUT2D eigenvalue weighted by molar-refractivity contribution is 5.04. The van der Waals surface area contributed by atoms with Crippen LogP contribution in [0.2, 0.25) is 0 Å². The number of rotatable bonds is 6. The Morgan fingerprint density at radius 1 is 1.00 bits per heavy atom. The molecule has 2 aliphatic carbocycles. The van der Waals surface area contributed by atoms with Crippen molar-refractivity contribution in [1.29, 1.82) is 0 Å². The normalized spacial score (nSPS) is 39.9. The lowest BCUT2D eigenvalue weighted by Crippen LogP contribution is -2.02. The van der Waals surface area contributed by atoms with Gasteiger partial charge in [0.2, 0.25) is 0 Å². The molecule has 0 aliphatic heterocycles. The molecule has 2 aliphatic rings. The van der Waals surface area contributed by atoms with Gasteiger partial charge in [0.1, 0.15) is 0 Å². The first-order valence-corrected chi connectivity index (χ1v) is 6.88. The molecule has 2 fully saturated rings. The SMILES string of the molecule is CCCCCC[C@@H]1CC[C@@H]2[C@@H](CC)[C@H]12. The molecule has 0 aromatic rings. The van der Waals surface area contributed by atoms with Crippen LogP contribution in [0.15, 0.2) is 0 Å². The second kappa shape index (κ2) is 4.68. The molecule has 0 heteroatoms. The van der Waals surface area contributed by atoms with E-state index in [1.54, 1.807) is 19.3 Å². The summed E-state index contributed by atoms with van der Waals surface area (Å²) < 4.78 is 0. The summed E-state index contributed by atoms with van der Waals surface area (Å²) in [5.74, 6) is 4.65. The van der Waals surface area contributed by atoms with Crippen LogP contribution in [0.3, 0.4) is 0 Å². The molecule has 0 spiro atoms. The number of fused-ring (bicyclic) bond motifs is 1. The Kier molecular flexibility index (Phi) is 3.52. The lowest BCUT2D eigenvalue weighted by molar-refractivity contribution is 0.384. The average Bonchev–Trinajstić information content (AvgIpc) is 2.77. The van der Waals surface area contributed by atoms with E-state index in [0.717, 1.165) is 11.8 Å². The van der Waals surface area contributed by atoms with Gasteiger partial charge in [-0.25, -0.2) is 0 Å². The molecule has 2 rings (SSSR count). The molecule has 0 saturated heterocycles. The molecule has 14 heavy (non-hydrogen) atoms. The second-order valence-corrected chi connectivity index (χ2v) is 5.50. The van der Waals surface area contributed by atoms with Gasteiger partial charge < -0.3 is 0 Å².